The zero-order chi connectivity index (χ0) is 10.6. The van der Waals surface area contributed by atoms with Gasteiger partial charge >= 0.3 is 6.18 Å². The molecule has 78 valence electrons. The Bertz CT molecular complexity index is 302. The first kappa shape index (κ1) is 9.68. The number of halogens is 3. The fourth-order valence-corrected chi connectivity index (χ4v) is 2.14. The molecule has 0 saturated heterocycles. The predicted molar refractivity (Wildman–Crippen MR) is 40.5 cm³/mol. The van der Waals surface area contributed by atoms with Crippen LogP contribution in [0.5, 0.6) is 0 Å². The van der Waals surface area contributed by atoms with Crippen LogP contribution in [-0.2, 0) is 9.59 Å². The number of hydrogen-bond acceptors (Lipinski definition) is 2. The smallest absolute Gasteiger partial charge is 0.298 e. The minimum atomic E-state index is -4.86. The molecule has 1 atom stereocenters. The number of rotatable bonds is 1. The molecule has 0 aliphatic heterocycles. The fraction of sp³-hybridized carbons (Fsp3) is 0.778. The van der Waals surface area contributed by atoms with Gasteiger partial charge in [0.2, 0.25) is 5.78 Å². The summed E-state index contributed by atoms with van der Waals surface area (Å²) in [6, 6.07) is 0. The van der Waals surface area contributed by atoms with Crippen LogP contribution in [0.4, 0.5) is 13.2 Å². The Morgan fingerprint density at radius 3 is 2.21 bits per heavy atom. The fourth-order valence-electron chi connectivity index (χ4n) is 2.14. The highest BCUT2D eigenvalue weighted by Crippen LogP contribution is 2.57. The van der Waals surface area contributed by atoms with Crippen molar-refractivity contribution in [2.75, 3.05) is 0 Å². The van der Waals surface area contributed by atoms with Gasteiger partial charge in [0.25, 0.3) is 0 Å². The number of alkyl halides is 3. The van der Waals surface area contributed by atoms with Crippen molar-refractivity contribution < 1.29 is 22.8 Å². The van der Waals surface area contributed by atoms with Gasteiger partial charge in [-0.05, 0) is 25.7 Å². The van der Waals surface area contributed by atoms with Gasteiger partial charge in [-0.3, -0.25) is 9.59 Å². The lowest BCUT2D eigenvalue weighted by Gasteiger charge is -2.10. The predicted octanol–water partition coefficient (Wildman–Crippen LogP) is 1.88. The van der Waals surface area contributed by atoms with Crippen LogP contribution in [-0.4, -0.2) is 17.7 Å². The van der Waals surface area contributed by atoms with E-state index in [1.54, 1.807) is 0 Å². The van der Waals surface area contributed by atoms with E-state index in [4.69, 9.17) is 0 Å². The molecule has 5 heteroatoms. The normalized spacial score (nSPS) is 29.6. The second-order valence-corrected chi connectivity index (χ2v) is 4.10. The summed E-state index contributed by atoms with van der Waals surface area (Å²) in [5.74, 6) is -3.73. The van der Waals surface area contributed by atoms with Crippen LogP contribution in [0.1, 0.15) is 25.7 Å². The monoisotopic (exact) mass is 206 g/mol. The molecule has 0 aromatic heterocycles. The minimum absolute atomic E-state index is 0.0805. The largest absolute Gasteiger partial charge is 0.450 e. The Morgan fingerprint density at radius 2 is 1.86 bits per heavy atom. The number of ketones is 2. The lowest BCUT2D eigenvalue weighted by Crippen LogP contribution is -2.34. The molecule has 1 spiro atoms. The molecular formula is C9H9F3O2. The molecule has 0 bridgehead atoms. The van der Waals surface area contributed by atoms with Gasteiger partial charge in [0.15, 0.2) is 0 Å². The summed E-state index contributed by atoms with van der Waals surface area (Å²) < 4.78 is 36.1. The number of carbonyl (C=O) groups is 2. The van der Waals surface area contributed by atoms with E-state index in [1.165, 1.54) is 0 Å². The minimum Gasteiger partial charge on any atom is -0.298 e. The highest BCUT2D eigenvalue weighted by atomic mass is 19.4. The lowest BCUT2D eigenvalue weighted by atomic mass is 9.97. The molecule has 2 rings (SSSR count). The molecule has 2 fully saturated rings. The standard InChI is InChI=1S/C9H9F3O2/c10-9(11,12)7(14)5-1-2-8(3-4-8)6(5)13/h5H,1-4H2. The summed E-state index contributed by atoms with van der Waals surface area (Å²) in [6.07, 6.45) is -3.00. The van der Waals surface area contributed by atoms with E-state index in [0.717, 1.165) is 0 Å². The van der Waals surface area contributed by atoms with E-state index in [-0.39, 0.29) is 6.42 Å². The zero-order valence-electron chi connectivity index (χ0n) is 7.36. The quantitative estimate of drug-likeness (QED) is 0.614. The Morgan fingerprint density at radius 1 is 1.29 bits per heavy atom. The highest BCUT2D eigenvalue weighted by molar-refractivity contribution is 6.09. The van der Waals surface area contributed by atoms with Gasteiger partial charge in [-0.2, -0.15) is 13.2 Å². The van der Waals surface area contributed by atoms with Gasteiger partial charge in [-0.15, -0.1) is 0 Å². The van der Waals surface area contributed by atoms with Crippen LogP contribution in [0.25, 0.3) is 0 Å². The van der Waals surface area contributed by atoms with E-state index in [1.807, 2.05) is 0 Å². The summed E-state index contributed by atoms with van der Waals surface area (Å²) in [4.78, 5) is 22.3. The zero-order valence-corrected chi connectivity index (χ0v) is 7.36. The Kier molecular flexibility index (Phi) is 1.78. The van der Waals surface area contributed by atoms with Crippen LogP contribution in [0, 0.1) is 11.3 Å². The molecule has 0 aromatic rings. The van der Waals surface area contributed by atoms with Gasteiger partial charge in [-0.1, -0.05) is 0 Å². The molecule has 2 aliphatic carbocycles. The maximum Gasteiger partial charge on any atom is 0.450 e. The molecule has 2 aliphatic rings. The van der Waals surface area contributed by atoms with Crippen LogP contribution in [0.15, 0.2) is 0 Å². The van der Waals surface area contributed by atoms with E-state index < -0.39 is 29.1 Å². The lowest BCUT2D eigenvalue weighted by molar-refractivity contribution is -0.176. The number of Topliss-reactive ketones (excluding diaryl/α,β-unsaturated/α-hetero) is 2. The maximum absolute atomic E-state index is 12.0. The van der Waals surface area contributed by atoms with Crippen LogP contribution in [0.2, 0.25) is 0 Å². The van der Waals surface area contributed by atoms with E-state index in [2.05, 4.69) is 0 Å². The van der Waals surface area contributed by atoms with Crippen LogP contribution in [0.3, 0.4) is 0 Å². The summed E-state index contributed by atoms with van der Waals surface area (Å²) in [6.45, 7) is 0. The van der Waals surface area contributed by atoms with Crippen molar-refractivity contribution >= 4 is 11.6 Å². The van der Waals surface area contributed by atoms with Gasteiger partial charge < -0.3 is 0 Å². The number of hydrogen-bond donors (Lipinski definition) is 0. The average molecular weight is 206 g/mol. The van der Waals surface area contributed by atoms with Crippen LogP contribution >= 0.6 is 0 Å². The first-order chi connectivity index (χ1) is 6.37. The van der Waals surface area contributed by atoms with Crippen molar-refractivity contribution in [2.45, 2.75) is 31.9 Å². The highest BCUT2D eigenvalue weighted by Gasteiger charge is 2.60. The number of carbonyl (C=O) groups excluding carboxylic acids is 2. The molecule has 0 heterocycles. The Hall–Kier alpha value is -0.870. The molecule has 2 nitrogen and oxygen atoms in total. The van der Waals surface area contributed by atoms with E-state index in [0.29, 0.717) is 19.3 Å². The molecule has 1 unspecified atom stereocenters. The summed E-state index contributed by atoms with van der Waals surface area (Å²) in [5.41, 5.74) is -0.536. The van der Waals surface area contributed by atoms with Gasteiger partial charge in [0, 0.05) is 5.41 Å². The summed E-state index contributed by atoms with van der Waals surface area (Å²) >= 11 is 0. The third kappa shape index (κ3) is 1.26. The second-order valence-electron chi connectivity index (χ2n) is 4.10. The van der Waals surface area contributed by atoms with Crippen molar-refractivity contribution in [1.29, 1.82) is 0 Å². The maximum atomic E-state index is 12.0. The first-order valence-electron chi connectivity index (χ1n) is 4.52. The van der Waals surface area contributed by atoms with Gasteiger partial charge in [0.05, 0.1) is 5.92 Å². The summed E-state index contributed by atoms with van der Waals surface area (Å²) in [5, 5.41) is 0. The molecule has 0 N–H and O–H groups in total. The third-order valence-electron chi connectivity index (χ3n) is 3.20. The van der Waals surface area contributed by atoms with E-state index in [9.17, 15) is 22.8 Å². The van der Waals surface area contributed by atoms with Crippen molar-refractivity contribution in [3.8, 4) is 0 Å². The third-order valence-corrected chi connectivity index (χ3v) is 3.20. The molecule has 0 amide bonds. The van der Waals surface area contributed by atoms with Crippen LogP contribution < -0.4 is 0 Å². The molecule has 0 aromatic carbocycles. The average Bonchev–Trinajstić information content (AvgIpc) is 2.76. The van der Waals surface area contributed by atoms with Crippen molar-refractivity contribution in [3.05, 3.63) is 0 Å². The van der Waals surface area contributed by atoms with Crippen molar-refractivity contribution in [2.24, 2.45) is 11.3 Å². The molecule has 2 saturated carbocycles. The first-order valence-corrected chi connectivity index (χ1v) is 4.52. The van der Waals surface area contributed by atoms with E-state index >= 15 is 0 Å². The molecular weight excluding hydrogens is 197 g/mol. The molecule has 14 heavy (non-hydrogen) atoms. The topological polar surface area (TPSA) is 34.1 Å². The van der Waals surface area contributed by atoms with Crippen molar-refractivity contribution in [3.63, 3.8) is 0 Å². The Labute approximate surface area is 78.5 Å². The second kappa shape index (κ2) is 2.58. The Balaban J connectivity index is 2.14. The summed E-state index contributed by atoms with van der Waals surface area (Å²) in [7, 11) is 0. The SMILES string of the molecule is O=C(C1CCC2(CC2)C1=O)C(F)(F)F. The van der Waals surface area contributed by atoms with Crippen molar-refractivity contribution in [1.82, 2.24) is 0 Å². The van der Waals surface area contributed by atoms with Gasteiger partial charge in [0.1, 0.15) is 5.78 Å². The van der Waals surface area contributed by atoms with Gasteiger partial charge in [-0.25, -0.2) is 0 Å². The molecule has 0 radical (unpaired) electrons.